The van der Waals surface area contributed by atoms with Crippen LogP contribution in [0.2, 0.25) is 0 Å². The van der Waals surface area contributed by atoms with Crippen LogP contribution < -0.4 is 5.73 Å². The summed E-state index contributed by atoms with van der Waals surface area (Å²) in [7, 11) is -3.07. The molecule has 0 bridgehead atoms. The average molecular weight is 254 g/mol. The summed E-state index contributed by atoms with van der Waals surface area (Å²) < 4.78 is 27.6. The normalized spacial score (nSPS) is 14.0. The Balaban J connectivity index is 2.13. The Bertz CT molecular complexity index is 585. The van der Waals surface area contributed by atoms with Crippen LogP contribution in [0.3, 0.4) is 0 Å². The highest BCUT2D eigenvalue weighted by Gasteiger charge is 2.15. The first-order valence-corrected chi connectivity index (χ1v) is 7.28. The molecule has 17 heavy (non-hydrogen) atoms. The third-order valence-electron chi connectivity index (χ3n) is 2.29. The molecule has 0 aliphatic rings. The van der Waals surface area contributed by atoms with Crippen molar-refractivity contribution in [2.24, 2.45) is 5.73 Å². The summed E-state index contributed by atoms with van der Waals surface area (Å²) in [6.45, 7) is 0. The molecule has 1 unspecified atom stereocenters. The minimum Gasteiger partial charge on any atom is -0.441 e. The molecule has 0 spiro atoms. The second-order valence-electron chi connectivity index (χ2n) is 4.13. The molecule has 0 saturated carbocycles. The van der Waals surface area contributed by atoms with Crippen LogP contribution in [-0.2, 0) is 16.3 Å². The zero-order valence-electron chi connectivity index (χ0n) is 9.46. The average Bonchev–Trinajstić information content (AvgIpc) is 2.55. The summed E-state index contributed by atoms with van der Waals surface area (Å²) in [5.74, 6) is 0.411. The van der Waals surface area contributed by atoms with Crippen molar-refractivity contribution in [1.29, 1.82) is 0 Å². The van der Waals surface area contributed by atoms with E-state index in [1.165, 1.54) is 6.26 Å². The van der Waals surface area contributed by atoms with Crippen molar-refractivity contribution in [3.63, 3.8) is 0 Å². The van der Waals surface area contributed by atoms with Crippen molar-refractivity contribution in [3.05, 3.63) is 30.2 Å². The summed E-state index contributed by atoms with van der Waals surface area (Å²) in [5, 5.41) is 0. The van der Waals surface area contributed by atoms with Gasteiger partial charge >= 0.3 is 0 Å². The number of rotatable bonds is 4. The van der Waals surface area contributed by atoms with Gasteiger partial charge in [0.15, 0.2) is 11.5 Å². The molecule has 1 aromatic carbocycles. The zero-order valence-corrected chi connectivity index (χ0v) is 10.3. The van der Waals surface area contributed by atoms with Crippen LogP contribution in [0.4, 0.5) is 0 Å². The third-order valence-corrected chi connectivity index (χ3v) is 3.33. The van der Waals surface area contributed by atoms with Crippen LogP contribution in [0.1, 0.15) is 5.89 Å². The summed E-state index contributed by atoms with van der Waals surface area (Å²) in [4.78, 5) is 4.24. The van der Waals surface area contributed by atoms with Gasteiger partial charge in [-0.2, -0.15) is 0 Å². The molecule has 2 rings (SSSR count). The first-order chi connectivity index (χ1) is 7.94. The maximum atomic E-state index is 11.1. The van der Waals surface area contributed by atoms with Crippen molar-refractivity contribution < 1.29 is 12.8 Å². The Labute approximate surface area is 99.6 Å². The quantitative estimate of drug-likeness (QED) is 0.869. The minimum atomic E-state index is -3.07. The van der Waals surface area contributed by atoms with Crippen LogP contribution in [0.5, 0.6) is 0 Å². The van der Waals surface area contributed by atoms with E-state index in [1.54, 1.807) is 0 Å². The van der Waals surface area contributed by atoms with Gasteiger partial charge in [0.25, 0.3) is 0 Å². The molecule has 2 aromatic rings. The molecule has 0 saturated heterocycles. The van der Waals surface area contributed by atoms with E-state index in [9.17, 15) is 8.42 Å². The molecule has 0 aliphatic carbocycles. The van der Waals surface area contributed by atoms with E-state index in [0.717, 1.165) is 5.52 Å². The van der Waals surface area contributed by atoms with Gasteiger partial charge in [0, 0.05) is 18.7 Å². The van der Waals surface area contributed by atoms with Crippen LogP contribution in [0.25, 0.3) is 11.1 Å². The standard InChI is InChI=1S/C11H14N2O3S/c1-17(14,15)7-8(12)6-11-13-9-4-2-3-5-10(9)16-11/h2-5,8H,6-7,12H2,1H3. The lowest BCUT2D eigenvalue weighted by molar-refractivity contribution is 0.505. The molecule has 0 radical (unpaired) electrons. The fourth-order valence-electron chi connectivity index (χ4n) is 1.68. The molecule has 1 atom stereocenters. The van der Waals surface area contributed by atoms with Crippen molar-refractivity contribution in [3.8, 4) is 0 Å². The third kappa shape index (κ3) is 3.28. The highest BCUT2D eigenvalue weighted by atomic mass is 32.2. The molecule has 2 N–H and O–H groups in total. The predicted molar refractivity (Wildman–Crippen MR) is 65.4 cm³/mol. The van der Waals surface area contributed by atoms with Crippen LogP contribution in [0.15, 0.2) is 28.7 Å². The van der Waals surface area contributed by atoms with Crippen molar-refractivity contribution >= 4 is 20.9 Å². The van der Waals surface area contributed by atoms with Gasteiger partial charge in [-0.25, -0.2) is 13.4 Å². The fraction of sp³-hybridized carbons (Fsp3) is 0.364. The second kappa shape index (κ2) is 4.46. The number of hydrogen-bond donors (Lipinski definition) is 1. The Hall–Kier alpha value is -1.40. The maximum absolute atomic E-state index is 11.1. The summed E-state index contributed by atoms with van der Waals surface area (Å²) in [6, 6.07) is 6.88. The largest absolute Gasteiger partial charge is 0.441 e. The Morgan fingerprint density at radius 3 is 2.76 bits per heavy atom. The highest BCUT2D eigenvalue weighted by molar-refractivity contribution is 7.90. The van der Waals surface area contributed by atoms with Crippen LogP contribution in [-0.4, -0.2) is 31.5 Å². The van der Waals surface area contributed by atoms with Gasteiger partial charge in [0.1, 0.15) is 15.4 Å². The van der Waals surface area contributed by atoms with E-state index in [-0.39, 0.29) is 5.75 Å². The number of oxazole rings is 1. The van der Waals surface area contributed by atoms with E-state index < -0.39 is 15.9 Å². The van der Waals surface area contributed by atoms with Gasteiger partial charge in [0.2, 0.25) is 0 Å². The molecule has 0 amide bonds. The number of fused-ring (bicyclic) bond motifs is 1. The van der Waals surface area contributed by atoms with E-state index in [0.29, 0.717) is 17.9 Å². The van der Waals surface area contributed by atoms with E-state index in [1.807, 2.05) is 24.3 Å². The van der Waals surface area contributed by atoms with Crippen molar-refractivity contribution in [2.45, 2.75) is 12.5 Å². The highest BCUT2D eigenvalue weighted by Crippen LogP contribution is 2.15. The summed E-state index contributed by atoms with van der Waals surface area (Å²) in [5.41, 5.74) is 7.18. The van der Waals surface area contributed by atoms with Gasteiger partial charge in [-0.15, -0.1) is 0 Å². The Kier molecular flexibility index (Phi) is 3.17. The molecule has 0 aliphatic heterocycles. The number of nitrogens with two attached hydrogens (primary N) is 1. The summed E-state index contributed by atoms with van der Waals surface area (Å²) >= 11 is 0. The number of sulfone groups is 1. The first kappa shape index (κ1) is 12.1. The fourth-order valence-corrected chi connectivity index (χ4v) is 2.57. The van der Waals surface area contributed by atoms with Gasteiger partial charge in [0.05, 0.1) is 5.75 Å². The molecule has 5 nitrogen and oxygen atoms in total. The van der Waals surface area contributed by atoms with Gasteiger partial charge in [-0.1, -0.05) is 12.1 Å². The topological polar surface area (TPSA) is 86.2 Å². The van der Waals surface area contributed by atoms with Gasteiger partial charge < -0.3 is 10.2 Å². The maximum Gasteiger partial charge on any atom is 0.197 e. The number of hydrogen-bond acceptors (Lipinski definition) is 5. The number of aromatic nitrogens is 1. The van der Waals surface area contributed by atoms with E-state index >= 15 is 0 Å². The molecule has 1 heterocycles. The monoisotopic (exact) mass is 254 g/mol. The smallest absolute Gasteiger partial charge is 0.197 e. The minimum absolute atomic E-state index is 0.0638. The van der Waals surface area contributed by atoms with E-state index in [2.05, 4.69) is 4.98 Å². The molecule has 0 fully saturated rings. The van der Waals surface area contributed by atoms with E-state index in [4.69, 9.17) is 10.2 Å². The lowest BCUT2D eigenvalue weighted by atomic mass is 10.2. The molecular weight excluding hydrogens is 240 g/mol. The molecule has 6 heteroatoms. The van der Waals surface area contributed by atoms with Gasteiger partial charge in [-0.3, -0.25) is 0 Å². The van der Waals surface area contributed by atoms with Crippen molar-refractivity contribution in [2.75, 3.05) is 12.0 Å². The number of nitrogens with zero attached hydrogens (tertiary/aromatic N) is 1. The molecule has 1 aromatic heterocycles. The SMILES string of the molecule is CS(=O)(=O)CC(N)Cc1nc2ccccc2o1. The molecule has 92 valence electrons. The Morgan fingerprint density at radius 2 is 2.12 bits per heavy atom. The zero-order chi connectivity index (χ0) is 12.5. The first-order valence-electron chi connectivity index (χ1n) is 5.22. The van der Waals surface area contributed by atoms with Crippen LogP contribution in [0, 0.1) is 0 Å². The lowest BCUT2D eigenvalue weighted by Gasteiger charge is -2.06. The number of benzene rings is 1. The molecular formula is C11H14N2O3S. The van der Waals surface area contributed by atoms with Crippen LogP contribution >= 0.6 is 0 Å². The lowest BCUT2D eigenvalue weighted by Crippen LogP contribution is -2.31. The van der Waals surface area contributed by atoms with Gasteiger partial charge in [-0.05, 0) is 12.1 Å². The summed E-state index contributed by atoms with van der Waals surface area (Å²) in [6.07, 6.45) is 1.49. The Morgan fingerprint density at radius 1 is 1.41 bits per heavy atom. The second-order valence-corrected chi connectivity index (χ2v) is 6.32. The predicted octanol–water partition coefficient (Wildman–Crippen LogP) is 0.742. The number of para-hydroxylation sites is 2. The van der Waals surface area contributed by atoms with Crippen molar-refractivity contribution in [1.82, 2.24) is 4.98 Å².